The molecule has 0 amide bonds. The van der Waals surface area contributed by atoms with E-state index >= 15 is 0 Å². The van der Waals surface area contributed by atoms with Crippen molar-refractivity contribution in [1.82, 2.24) is 0 Å². The largest absolute Gasteiger partial charge is 0.396 e. The van der Waals surface area contributed by atoms with Crippen molar-refractivity contribution in [3.63, 3.8) is 0 Å². The van der Waals surface area contributed by atoms with Crippen molar-refractivity contribution in [3.8, 4) is 0 Å². The number of aliphatic hydroxyl groups is 1. The van der Waals surface area contributed by atoms with Gasteiger partial charge in [-0.3, -0.25) is 10.1 Å². The van der Waals surface area contributed by atoms with Gasteiger partial charge in [0.15, 0.2) is 0 Å². The highest BCUT2D eigenvalue weighted by molar-refractivity contribution is 7.98. The standard InChI is InChI=1S/C11H16N2O3S/c1-17-8-9(6-7-14)12-10-4-2-3-5-11(10)13(15)16/h2-5,9,12,14H,6-8H2,1H3/t9-/m1/s1. The second-order valence-electron chi connectivity index (χ2n) is 3.58. The fourth-order valence-electron chi connectivity index (χ4n) is 1.53. The van der Waals surface area contributed by atoms with Crippen molar-refractivity contribution < 1.29 is 10.0 Å². The van der Waals surface area contributed by atoms with Gasteiger partial charge in [-0.05, 0) is 18.7 Å². The first kappa shape index (κ1) is 13.8. The minimum absolute atomic E-state index is 0.0381. The van der Waals surface area contributed by atoms with Crippen LogP contribution in [0.5, 0.6) is 0 Å². The number of hydrogen-bond donors (Lipinski definition) is 2. The number of anilines is 1. The molecular formula is C11H16N2O3S. The van der Waals surface area contributed by atoms with Crippen LogP contribution in [0.1, 0.15) is 6.42 Å². The summed E-state index contributed by atoms with van der Waals surface area (Å²) in [6.45, 7) is 0.0683. The lowest BCUT2D eigenvalue weighted by Gasteiger charge is -2.17. The molecule has 17 heavy (non-hydrogen) atoms. The van der Waals surface area contributed by atoms with Gasteiger partial charge in [-0.25, -0.2) is 0 Å². The fourth-order valence-corrected chi connectivity index (χ4v) is 2.18. The summed E-state index contributed by atoms with van der Waals surface area (Å²) in [5.74, 6) is 0.798. The molecule has 1 atom stereocenters. The maximum atomic E-state index is 10.8. The predicted molar refractivity (Wildman–Crippen MR) is 70.6 cm³/mol. The maximum absolute atomic E-state index is 10.8. The zero-order valence-corrected chi connectivity index (χ0v) is 10.4. The minimum Gasteiger partial charge on any atom is -0.396 e. The molecule has 1 rings (SSSR count). The van der Waals surface area contributed by atoms with Gasteiger partial charge in [0.25, 0.3) is 5.69 Å². The normalized spacial score (nSPS) is 12.1. The van der Waals surface area contributed by atoms with E-state index in [0.717, 1.165) is 5.75 Å². The Balaban J connectivity index is 2.80. The van der Waals surface area contributed by atoms with Crippen LogP contribution >= 0.6 is 11.8 Å². The van der Waals surface area contributed by atoms with E-state index in [2.05, 4.69) is 5.32 Å². The van der Waals surface area contributed by atoms with Crippen LogP contribution in [-0.4, -0.2) is 34.7 Å². The first-order valence-corrected chi connectivity index (χ1v) is 6.68. The van der Waals surface area contributed by atoms with Crippen molar-refractivity contribution in [1.29, 1.82) is 0 Å². The van der Waals surface area contributed by atoms with E-state index < -0.39 is 4.92 Å². The molecule has 0 saturated carbocycles. The number of nitro groups is 1. The Morgan fingerprint density at radius 3 is 2.82 bits per heavy atom. The van der Waals surface area contributed by atoms with Crippen LogP contribution in [0, 0.1) is 10.1 Å². The molecule has 5 nitrogen and oxygen atoms in total. The van der Waals surface area contributed by atoms with E-state index in [1.807, 2.05) is 6.26 Å². The number of aliphatic hydroxyl groups excluding tert-OH is 1. The third-order valence-electron chi connectivity index (χ3n) is 2.31. The molecule has 0 bridgehead atoms. The molecule has 1 aromatic rings. The van der Waals surface area contributed by atoms with Gasteiger partial charge in [0, 0.05) is 24.5 Å². The van der Waals surface area contributed by atoms with Gasteiger partial charge in [-0.1, -0.05) is 12.1 Å². The maximum Gasteiger partial charge on any atom is 0.292 e. The van der Waals surface area contributed by atoms with E-state index in [-0.39, 0.29) is 18.3 Å². The Hall–Kier alpha value is -1.27. The highest BCUT2D eigenvalue weighted by Crippen LogP contribution is 2.24. The summed E-state index contributed by atoms with van der Waals surface area (Å²) in [5, 5.41) is 22.9. The van der Waals surface area contributed by atoms with Gasteiger partial charge < -0.3 is 10.4 Å². The van der Waals surface area contributed by atoms with Crippen LogP contribution in [-0.2, 0) is 0 Å². The highest BCUT2D eigenvalue weighted by Gasteiger charge is 2.15. The van der Waals surface area contributed by atoms with E-state index in [4.69, 9.17) is 5.11 Å². The molecule has 0 spiro atoms. The Labute approximate surface area is 104 Å². The van der Waals surface area contributed by atoms with Crippen molar-refractivity contribution >= 4 is 23.1 Å². The number of nitro benzene ring substituents is 1. The summed E-state index contributed by atoms with van der Waals surface area (Å²) < 4.78 is 0. The smallest absolute Gasteiger partial charge is 0.292 e. The third-order valence-corrected chi connectivity index (χ3v) is 3.04. The van der Waals surface area contributed by atoms with Gasteiger partial charge in [-0.2, -0.15) is 11.8 Å². The van der Waals surface area contributed by atoms with Crippen molar-refractivity contribution in [2.45, 2.75) is 12.5 Å². The zero-order valence-electron chi connectivity index (χ0n) is 9.63. The molecule has 1 aromatic carbocycles. The van der Waals surface area contributed by atoms with Crippen LogP contribution in [0.25, 0.3) is 0 Å². The van der Waals surface area contributed by atoms with Crippen LogP contribution < -0.4 is 5.32 Å². The van der Waals surface area contributed by atoms with Gasteiger partial charge >= 0.3 is 0 Å². The monoisotopic (exact) mass is 256 g/mol. The van der Waals surface area contributed by atoms with Crippen LogP contribution in [0.15, 0.2) is 24.3 Å². The molecule has 0 unspecified atom stereocenters. The lowest BCUT2D eigenvalue weighted by atomic mass is 10.2. The molecule has 0 fully saturated rings. The number of hydrogen-bond acceptors (Lipinski definition) is 5. The third kappa shape index (κ3) is 4.24. The van der Waals surface area contributed by atoms with Gasteiger partial charge in [0.1, 0.15) is 5.69 Å². The highest BCUT2D eigenvalue weighted by atomic mass is 32.2. The second kappa shape index (κ2) is 7.13. The Kier molecular flexibility index (Phi) is 5.79. The average Bonchev–Trinajstić information content (AvgIpc) is 2.30. The number of nitrogens with one attached hydrogen (secondary N) is 1. The quantitative estimate of drug-likeness (QED) is 0.577. The molecule has 0 radical (unpaired) electrons. The van der Waals surface area contributed by atoms with Crippen molar-refractivity contribution in [3.05, 3.63) is 34.4 Å². The lowest BCUT2D eigenvalue weighted by Crippen LogP contribution is -2.24. The second-order valence-corrected chi connectivity index (χ2v) is 4.49. The number of rotatable bonds is 7. The summed E-state index contributed by atoms with van der Waals surface area (Å²) in [7, 11) is 0. The topological polar surface area (TPSA) is 75.4 Å². The Bertz CT molecular complexity index is 367. The first-order chi connectivity index (χ1) is 8.19. The Morgan fingerprint density at radius 2 is 2.24 bits per heavy atom. The van der Waals surface area contributed by atoms with E-state index in [0.29, 0.717) is 12.1 Å². The van der Waals surface area contributed by atoms with Gasteiger partial charge in [0.05, 0.1) is 4.92 Å². The summed E-state index contributed by atoms with van der Waals surface area (Å²) in [6.07, 6.45) is 2.54. The SMILES string of the molecule is CSC[C@@H](CCO)Nc1ccccc1[N+](=O)[O-]. The molecule has 0 aliphatic carbocycles. The molecule has 0 aromatic heterocycles. The fraction of sp³-hybridized carbons (Fsp3) is 0.455. The van der Waals surface area contributed by atoms with Crippen molar-refractivity contribution in [2.24, 2.45) is 0 Å². The molecule has 0 saturated heterocycles. The molecule has 2 N–H and O–H groups in total. The van der Waals surface area contributed by atoms with Gasteiger partial charge in [-0.15, -0.1) is 0 Å². The van der Waals surface area contributed by atoms with Gasteiger partial charge in [0.2, 0.25) is 0 Å². The molecular weight excluding hydrogens is 240 g/mol. The average molecular weight is 256 g/mol. The van der Waals surface area contributed by atoms with E-state index in [1.54, 1.807) is 30.0 Å². The molecule has 0 aliphatic heterocycles. The molecule has 6 heteroatoms. The molecule has 0 heterocycles. The van der Waals surface area contributed by atoms with Crippen molar-refractivity contribution in [2.75, 3.05) is 23.9 Å². The van der Waals surface area contributed by atoms with Crippen LogP contribution in [0.3, 0.4) is 0 Å². The lowest BCUT2D eigenvalue weighted by molar-refractivity contribution is -0.384. The molecule has 0 aliphatic rings. The summed E-state index contributed by atoms with van der Waals surface area (Å²) >= 11 is 1.64. The minimum atomic E-state index is -0.405. The number of benzene rings is 1. The zero-order chi connectivity index (χ0) is 12.7. The number of nitrogens with zero attached hydrogens (tertiary/aromatic N) is 1. The first-order valence-electron chi connectivity index (χ1n) is 5.28. The predicted octanol–water partition coefficient (Wildman–Crippen LogP) is 2.12. The van der Waals surface area contributed by atoms with Crippen LogP contribution in [0.4, 0.5) is 11.4 Å². The molecule has 94 valence electrons. The Morgan fingerprint density at radius 1 is 1.53 bits per heavy atom. The van der Waals surface area contributed by atoms with E-state index in [9.17, 15) is 10.1 Å². The number of thioether (sulfide) groups is 1. The number of para-hydroxylation sites is 2. The van der Waals surface area contributed by atoms with E-state index in [1.165, 1.54) is 6.07 Å². The summed E-state index contributed by atoms with van der Waals surface area (Å²) in [4.78, 5) is 10.4. The van der Waals surface area contributed by atoms with Crippen LogP contribution in [0.2, 0.25) is 0 Å². The summed E-state index contributed by atoms with van der Waals surface area (Å²) in [6, 6.07) is 6.58. The summed E-state index contributed by atoms with van der Waals surface area (Å²) in [5.41, 5.74) is 0.571.